The number of thiazole rings is 1. The summed E-state index contributed by atoms with van der Waals surface area (Å²) in [6.45, 7) is 2.18. The third-order valence-electron chi connectivity index (χ3n) is 3.66. The quantitative estimate of drug-likeness (QED) is 0.933. The van der Waals surface area contributed by atoms with Crippen LogP contribution in [0.15, 0.2) is 24.3 Å². The van der Waals surface area contributed by atoms with Crippen molar-refractivity contribution in [2.24, 2.45) is 0 Å². The van der Waals surface area contributed by atoms with Gasteiger partial charge in [-0.1, -0.05) is 12.1 Å². The zero-order chi connectivity index (χ0) is 12.6. The van der Waals surface area contributed by atoms with Gasteiger partial charge in [0.05, 0.1) is 21.3 Å². The molecule has 0 bridgehead atoms. The second-order valence-electron chi connectivity index (χ2n) is 5.06. The van der Waals surface area contributed by atoms with Gasteiger partial charge in [0.1, 0.15) is 0 Å². The van der Waals surface area contributed by atoms with Crippen molar-refractivity contribution in [1.82, 2.24) is 4.98 Å². The van der Waals surface area contributed by atoms with E-state index in [9.17, 15) is 5.11 Å². The van der Waals surface area contributed by atoms with Crippen molar-refractivity contribution in [2.45, 2.75) is 37.0 Å². The highest BCUT2D eigenvalue weighted by Gasteiger charge is 2.37. The first-order valence-corrected chi connectivity index (χ1v) is 8.14. The van der Waals surface area contributed by atoms with E-state index in [1.165, 1.54) is 16.9 Å². The fraction of sp³-hybridized carbons (Fsp3) is 0.500. The van der Waals surface area contributed by atoms with Crippen molar-refractivity contribution in [3.8, 4) is 0 Å². The molecule has 2 heterocycles. The van der Waals surface area contributed by atoms with Gasteiger partial charge in [0.25, 0.3) is 0 Å². The standard InChI is InChI=1S/C14H17NOS2/c1-14(7-4-8-17-14)12(16)9-13-15-10-5-2-3-6-11(10)18-13/h2-3,5-6,12,16H,4,7-9H2,1H3. The average Bonchev–Trinajstić information content (AvgIpc) is 2.95. The number of aromatic nitrogens is 1. The van der Waals surface area contributed by atoms with Crippen LogP contribution in [0.2, 0.25) is 0 Å². The average molecular weight is 279 g/mol. The van der Waals surface area contributed by atoms with Gasteiger partial charge in [-0.05, 0) is 37.7 Å². The summed E-state index contributed by atoms with van der Waals surface area (Å²) in [4.78, 5) is 4.60. The minimum atomic E-state index is -0.287. The normalized spacial score (nSPS) is 25.7. The third-order valence-corrected chi connectivity index (χ3v) is 6.35. The Morgan fingerprint density at radius 2 is 2.28 bits per heavy atom. The molecule has 4 heteroatoms. The first kappa shape index (κ1) is 12.5. The number of rotatable bonds is 3. The van der Waals surface area contributed by atoms with Gasteiger partial charge >= 0.3 is 0 Å². The number of benzene rings is 1. The summed E-state index contributed by atoms with van der Waals surface area (Å²) in [6, 6.07) is 8.17. The number of nitrogens with zero attached hydrogens (tertiary/aromatic N) is 1. The summed E-state index contributed by atoms with van der Waals surface area (Å²) in [6.07, 6.45) is 2.73. The van der Waals surface area contributed by atoms with Gasteiger partial charge in [0, 0.05) is 11.2 Å². The maximum atomic E-state index is 10.4. The molecule has 0 saturated carbocycles. The molecule has 1 aliphatic rings. The number of aliphatic hydroxyl groups excluding tert-OH is 1. The van der Waals surface area contributed by atoms with E-state index in [4.69, 9.17) is 0 Å². The van der Waals surface area contributed by atoms with Crippen LogP contribution in [-0.2, 0) is 6.42 Å². The molecule has 0 aliphatic carbocycles. The van der Waals surface area contributed by atoms with Crippen LogP contribution in [-0.4, -0.2) is 26.7 Å². The Morgan fingerprint density at radius 3 is 3.00 bits per heavy atom. The number of aliphatic hydroxyl groups is 1. The number of para-hydroxylation sites is 1. The van der Waals surface area contributed by atoms with Gasteiger partial charge in [0.15, 0.2) is 0 Å². The van der Waals surface area contributed by atoms with Gasteiger partial charge in [0.2, 0.25) is 0 Å². The third kappa shape index (κ3) is 2.29. The zero-order valence-corrected chi connectivity index (χ0v) is 12.1. The fourth-order valence-electron chi connectivity index (χ4n) is 2.45. The number of hydrogen-bond donors (Lipinski definition) is 1. The summed E-state index contributed by atoms with van der Waals surface area (Å²) in [7, 11) is 0. The molecular formula is C14H17NOS2. The van der Waals surface area contributed by atoms with Crippen LogP contribution in [0, 0.1) is 0 Å². The Kier molecular flexibility index (Phi) is 3.34. The van der Waals surface area contributed by atoms with E-state index in [1.807, 2.05) is 30.0 Å². The lowest BCUT2D eigenvalue weighted by molar-refractivity contribution is 0.133. The lowest BCUT2D eigenvalue weighted by atomic mass is 9.96. The van der Waals surface area contributed by atoms with Crippen LogP contribution in [0.4, 0.5) is 0 Å². The number of thioether (sulfide) groups is 1. The summed E-state index contributed by atoms with van der Waals surface area (Å²) >= 11 is 3.61. The molecule has 0 amide bonds. The monoisotopic (exact) mass is 279 g/mol. The smallest absolute Gasteiger partial charge is 0.0964 e. The zero-order valence-electron chi connectivity index (χ0n) is 10.4. The van der Waals surface area contributed by atoms with E-state index in [-0.39, 0.29) is 10.9 Å². The highest BCUT2D eigenvalue weighted by Crippen LogP contribution is 2.41. The lowest BCUT2D eigenvalue weighted by Crippen LogP contribution is -2.35. The molecular weight excluding hydrogens is 262 g/mol. The maximum Gasteiger partial charge on any atom is 0.0964 e. The van der Waals surface area contributed by atoms with Crippen LogP contribution >= 0.6 is 23.1 Å². The van der Waals surface area contributed by atoms with Gasteiger partial charge in [-0.2, -0.15) is 11.8 Å². The number of fused-ring (bicyclic) bond motifs is 1. The van der Waals surface area contributed by atoms with E-state index in [2.05, 4.69) is 18.0 Å². The minimum absolute atomic E-state index is 0.0256. The summed E-state index contributed by atoms with van der Waals surface area (Å²) < 4.78 is 1.24. The Morgan fingerprint density at radius 1 is 1.44 bits per heavy atom. The second-order valence-corrected chi connectivity index (χ2v) is 7.80. The van der Waals surface area contributed by atoms with Crippen molar-refractivity contribution >= 4 is 33.3 Å². The maximum absolute atomic E-state index is 10.4. The lowest BCUT2D eigenvalue weighted by Gasteiger charge is -2.28. The molecule has 1 aliphatic heterocycles. The predicted molar refractivity (Wildman–Crippen MR) is 79.4 cm³/mol. The van der Waals surface area contributed by atoms with Gasteiger partial charge < -0.3 is 5.11 Å². The van der Waals surface area contributed by atoms with E-state index >= 15 is 0 Å². The largest absolute Gasteiger partial charge is 0.391 e. The van der Waals surface area contributed by atoms with E-state index in [1.54, 1.807) is 11.3 Å². The molecule has 1 saturated heterocycles. The van der Waals surface area contributed by atoms with Crippen molar-refractivity contribution in [1.29, 1.82) is 0 Å². The molecule has 2 unspecified atom stereocenters. The van der Waals surface area contributed by atoms with Crippen molar-refractivity contribution in [2.75, 3.05) is 5.75 Å². The van der Waals surface area contributed by atoms with Crippen LogP contribution in [0.1, 0.15) is 24.8 Å². The molecule has 1 aromatic carbocycles. The topological polar surface area (TPSA) is 33.1 Å². The molecule has 18 heavy (non-hydrogen) atoms. The molecule has 1 N–H and O–H groups in total. The molecule has 2 aromatic rings. The minimum Gasteiger partial charge on any atom is -0.391 e. The van der Waals surface area contributed by atoms with E-state index in [0.29, 0.717) is 6.42 Å². The molecule has 1 fully saturated rings. The Balaban J connectivity index is 1.79. The summed E-state index contributed by atoms with van der Waals surface area (Å²) in [5.74, 6) is 1.17. The molecule has 2 atom stereocenters. The Hall–Kier alpha value is -0.580. The summed E-state index contributed by atoms with van der Waals surface area (Å²) in [5, 5.41) is 11.5. The van der Waals surface area contributed by atoms with Gasteiger partial charge in [-0.25, -0.2) is 4.98 Å². The molecule has 3 rings (SSSR count). The van der Waals surface area contributed by atoms with Crippen LogP contribution in [0.3, 0.4) is 0 Å². The molecule has 2 nitrogen and oxygen atoms in total. The van der Waals surface area contributed by atoms with E-state index in [0.717, 1.165) is 16.9 Å². The van der Waals surface area contributed by atoms with Crippen LogP contribution in [0.25, 0.3) is 10.2 Å². The van der Waals surface area contributed by atoms with E-state index < -0.39 is 0 Å². The molecule has 1 aromatic heterocycles. The van der Waals surface area contributed by atoms with Crippen LogP contribution in [0.5, 0.6) is 0 Å². The van der Waals surface area contributed by atoms with Crippen LogP contribution < -0.4 is 0 Å². The highest BCUT2D eigenvalue weighted by molar-refractivity contribution is 8.00. The summed E-state index contributed by atoms with van der Waals surface area (Å²) in [5.41, 5.74) is 1.05. The van der Waals surface area contributed by atoms with Gasteiger partial charge in [-0.3, -0.25) is 0 Å². The second kappa shape index (κ2) is 4.83. The first-order chi connectivity index (χ1) is 8.67. The number of hydrogen-bond acceptors (Lipinski definition) is 4. The SMILES string of the molecule is CC1(C(O)Cc2nc3ccccc3s2)CCCS1. The Labute approximate surface area is 115 Å². The van der Waals surface area contributed by atoms with Crippen molar-refractivity contribution < 1.29 is 5.11 Å². The highest BCUT2D eigenvalue weighted by atomic mass is 32.2. The van der Waals surface area contributed by atoms with Crippen molar-refractivity contribution in [3.63, 3.8) is 0 Å². The molecule has 0 spiro atoms. The van der Waals surface area contributed by atoms with Gasteiger partial charge in [-0.15, -0.1) is 11.3 Å². The first-order valence-electron chi connectivity index (χ1n) is 6.34. The fourth-order valence-corrected chi connectivity index (χ4v) is 4.78. The molecule has 0 radical (unpaired) electrons. The molecule has 96 valence electrons. The predicted octanol–water partition coefficient (Wildman–Crippen LogP) is 3.49. The Bertz CT molecular complexity index is 512. The van der Waals surface area contributed by atoms with Crippen molar-refractivity contribution in [3.05, 3.63) is 29.3 Å².